The molecule has 0 bridgehead atoms. The van der Waals surface area contributed by atoms with E-state index in [1.54, 1.807) is 29.7 Å². The maximum atomic E-state index is 13.0. The number of rotatable bonds is 4. The minimum absolute atomic E-state index is 0.130. The fraction of sp³-hybridized carbons (Fsp3) is 0.200. The smallest absolute Gasteiger partial charge is 0.282 e. The van der Waals surface area contributed by atoms with Gasteiger partial charge in [0.2, 0.25) is 0 Å². The first kappa shape index (κ1) is 20.3. The van der Waals surface area contributed by atoms with E-state index in [2.05, 4.69) is 15.4 Å². The number of aromatic nitrogens is 2. The van der Waals surface area contributed by atoms with E-state index in [1.807, 2.05) is 43.3 Å². The molecule has 160 valence electrons. The van der Waals surface area contributed by atoms with E-state index in [4.69, 9.17) is 0 Å². The number of hydrogen-bond donors (Lipinski definition) is 1. The largest absolute Gasteiger partial charge is 0.322 e. The zero-order valence-corrected chi connectivity index (χ0v) is 18.5. The van der Waals surface area contributed by atoms with Gasteiger partial charge in [0.15, 0.2) is 0 Å². The first-order valence-electron chi connectivity index (χ1n) is 10.6. The second-order valence-electron chi connectivity index (χ2n) is 7.98. The molecule has 1 N–H and O–H groups in total. The van der Waals surface area contributed by atoms with Crippen LogP contribution < -0.4 is 10.9 Å². The SMILES string of the molecule is Cc1ccc(C(=O)Nc2cccc(C=Nn3cnc4sc5c(c4c3=O)CCCC5)c2)cc1. The normalized spacial score (nSPS) is 13.4. The molecule has 0 fully saturated rings. The van der Waals surface area contributed by atoms with Crippen molar-refractivity contribution in [2.75, 3.05) is 5.32 Å². The van der Waals surface area contributed by atoms with Crippen molar-refractivity contribution in [3.8, 4) is 0 Å². The lowest BCUT2D eigenvalue weighted by atomic mass is 9.97. The molecule has 0 spiro atoms. The number of aryl methyl sites for hydroxylation is 3. The van der Waals surface area contributed by atoms with Crippen molar-refractivity contribution in [2.24, 2.45) is 5.10 Å². The third kappa shape index (κ3) is 3.99. The van der Waals surface area contributed by atoms with Crippen LogP contribution in [0.15, 0.2) is 64.8 Å². The predicted molar refractivity (Wildman–Crippen MR) is 129 cm³/mol. The van der Waals surface area contributed by atoms with Crippen LogP contribution in [0.4, 0.5) is 5.69 Å². The second kappa shape index (κ2) is 8.51. The molecule has 32 heavy (non-hydrogen) atoms. The van der Waals surface area contributed by atoms with E-state index in [0.29, 0.717) is 16.6 Å². The number of benzene rings is 2. The van der Waals surface area contributed by atoms with E-state index in [0.717, 1.165) is 40.8 Å². The molecule has 0 saturated heterocycles. The van der Waals surface area contributed by atoms with Gasteiger partial charge in [-0.2, -0.15) is 9.78 Å². The Morgan fingerprint density at radius 3 is 2.81 bits per heavy atom. The molecule has 0 unspecified atom stereocenters. The molecule has 2 aromatic heterocycles. The van der Waals surface area contributed by atoms with Gasteiger partial charge < -0.3 is 5.32 Å². The van der Waals surface area contributed by atoms with Gasteiger partial charge in [-0.15, -0.1) is 11.3 Å². The first-order chi connectivity index (χ1) is 15.6. The molecule has 0 saturated carbocycles. The lowest BCUT2D eigenvalue weighted by Gasteiger charge is -2.09. The number of hydrogen-bond acceptors (Lipinski definition) is 5. The van der Waals surface area contributed by atoms with Crippen LogP contribution in [0, 0.1) is 6.92 Å². The van der Waals surface area contributed by atoms with Gasteiger partial charge in [-0.05, 0) is 68.0 Å². The van der Waals surface area contributed by atoms with Crippen LogP contribution in [0.2, 0.25) is 0 Å². The highest BCUT2D eigenvalue weighted by Crippen LogP contribution is 2.33. The monoisotopic (exact) mass is 442 g/mol. The third-order valence-electron chi connectivity index (χ3n) is 5.65. The summed E-state index contributed by atoms with van der Waals surface area (Å²) in [7, 11) is 0. The van der Waals surface area contributed by atoms with Crippen LogP contribution in [-0.2, 0) is 12.8 Å². The Balaban J connectivity index is 1.38. The summed E-state index contributed by atoms with van der Waals surface area (Å²) < 4.78 is 1.29. The molecule has 4 aromatic rings. The Kier molecular flexibility index (Phi) is 5.41. The molecule has 5 rings (SSSR count). The van der Waals surface area contributed by atoms with Crippen LogP contribution in [0.5, 0.6) is 0 Å². The molecule has 6 nitrogen and oxygen atoms in total. The summed E-state index contributed by atoms with van der Waals surface area (Å²) in [5.41, 5.74) is 4.15. The molecule has 0 atom stereocenters. The Bertz CT molecular complexity index is 1400. The van der Waals surface area contributed by atoms with E-state index in [9.17, 15) is 9.59 Å². The highest BCUT2D eigenvalue weighted by atomic mass is 32.1. The van der Waals surface area contributed by atoms with Gasteiger partial charge in [0.05, 0.1) is 11.6 Å². The maximum absolute atomic E-state index is 13.0. The number of carbonyl (C=O) groups is 1. The van der Waals surface area contributed by atoms with Crippen molar-refractivity contribution in [1.29, 1.82) is 0 Å². The van der Waals surface area contributed by atoms with Gasteiger partial charge in [-0.3, -0.25) is 9.59 Å². The number of thiophene rings is 1. The van der Waals surface area contributed by atoms with Crippen molar-refractivity contribution >= 4 is 39.4 Å². The van der Waals surface area contributed by atoms with Crippen molar-refractivity contribution in [2.45, 2.75) is 32.6 Å². The molecule has 1 aliphatic carbocycles. The van der Waals surface area contributed by atoms with Gasteiger partial charge in [-0.1, -0.05) is 29.8 Å². The summed E-state index contributed by atoms with van der Waals surface area (Å²) >= 11 is 1.63. The van der Waals surface area contributed by atoms with Crippen LogP contribution in [0.3, 0.4) is 0 Å². The van der Waals surface area contributed by atoms with Gasteiger partial charge in [0, 0.05) is 16.1 Å². The molecule has 2 aromatic carbocycles. The number of fused-ring (bicyclic) bond motifs is 3. The minimum Gasteiger partial charge on any atom is -0.322 e. The fourth-order valence-electron chi connectivity index (χ4n) is 3.95. The Labute approximate surface area is 189 Å². The molecule has 7 heteroatoms. The van der Waals surface area contributed by atoms with Crippen LogP contribution >= 0.6 is 11.3 Å². The summed E-state index contributed by atoms with van der Waals surface area (Å²) in [5, 5.41) is 7.97. The first-order valence-corrected chi connectivity index (χ1v) is 11.4. The van der Waals surface area contributed by atoms with Crippen LogP contribution in [0.1, 0.15) is 44.8 Å². The number of nitrogens with one attached hydrogen (secondary N) is 1. The molecular weight excluding hydrogens is 420 g/mol. The lowest BCUT2D eigenvalue weighted by Crippen LogP contribution is -2.18. The summed E-state index contributed by atoms with van der Waals surface area (Å²) in [5.74, 6) is -0.174. The summed E-state index contributed by atoms with van der Waals surface area (Å²) in [6, 6.07) is 14.8. The molecule has 0 radical (unpaired) electrons. The van der Waals surface area contributed by atoms with Gasteiger partial charge in [-0.25, -0.2) is 4.98 Å². The number of amides is 1. The number of anilines is 1. The Hall–Kier alpha value is -3.58. The van der Waals surface area contributed by atoms with E-state index in [1.165, 1.54) is 22.3 Å². The average Bonchev–Trinajstić information content (AvgIpc) is 3.19. The second-order valence-corrected chi connectivity index (χ2v) is 9.06. The topological polar surface area (TPSA) is 76.3 Å². The minimum atomic E-state index is -0.174. The quantitative estimate of drug-likeness (QED) is 0.462. The zero-order valence-electron chi connectivity index (χ0n) is 17.7. The maximum Gasteiger partial charge on any atom is 0.282 e. The molecule has 2 heterocycles. The summed E-state index contributed by atoms with van der Waals surface area (Å²) in [4.78, 5) is 32.1. The molecule has 1 amide bonds. The van der Waals surface area contributed by atoms with Crippen molar-refractivity contribution in [3.05, 3.63) is 92.3 Å². The van der Waals surface area contributed by atoms with Gasteiger partial charge >= 0.3 is 0 Å². The molecule has 1 aliphatic rings. The summed E-state index contributed by atoms with van der Waals surface area (Å²) in [6.07, 6.45) is 7.32. The predicted octanol–water partition coefficient (Wildman–Crippen LogP) is 4.78. The molecule has 0 aliphatic heterocycles. The Morgan fingerprint density at radius 2 is 1.97 bits per heavy atom. The third-order valence-corrected chi connectivity index (χ3v) is 6.85. The van der Waals surface area contributed by atoms with Crippen LogP contribution in [0.25, 0.3) is 10.2 Å². The van der Waals surface area contributed by atoms with Crippen molar-refractivity contribution < 1.29 is 4.79 Å². The van der Waals surface area contributed by atoms with E-state index >= 15 is 0 Å². The van der Waals surface area contributed by atoms with Crippen LogP contribution in [-0.4, -0.2) is 21.8 Å². The van der Waals surface area contributed by atoms with Gasteiger partial charge in [0.1, 0.15) is 11.2 Å². The zero-order chi connectivity index (χ0) is 22.1. The lowest BCUT2D eigenvalue weighted by molar-refractivity contribution is 0.102. The highest BCUT2D eigenvalue weighted by molar-refractivity contribution is 7.18. The molecular formula is C25H22N4O2S. The van der Waals surface area contributed by atoms with Crippen molar-refractivity contribution in [3.63, 3.8) is 0 Å². The van der Waals surface area contributed by atoms with Crippen molar-refractivity contribution in [1.82, 2.24) is 9.66 Å². The van der Waals surface area contributed by atoms with E-state index in [-0.39, 0.29) is 11.5 Å². The Morgan fingerprint density at radius 1 is 1.16 bits per heavy atom. The fourth-order valence-corrected chi connectivity index (χ4v) is 5.17. The summed E-state index contributed by atoms with van der Waals surface area (Å²) in [6.45, 7) is 1.98. The number of carbonyl (C=O) groups excluding carboxylic acids is 1. The van der Waals surface area contributed by atoms with Gasteiger partial charge in [0.25, 0.3) is 11.5 Å². The number of nitrogens with zero attached hydrogens (tertiary/aromatic N) is 3. The standard InChI is InChI=1S/C25H22N4O2S/c1-16-9-11-18(12-10-16)23(30)28-19-6-4-5-17(13-19)14-27-29-15-26-24-22(25(29)31)20-7-2-3-8-21(20)32-24/h4-6,9-15H,2-3,7-8H2,1H3,(H,28,30). The highest BCUT2D eigenvalue weighted by Gasteiger charge is 2.19. The average molecular weight is 443 g/mol. The van der Waals surface area contributed by atoms with E-state index < -0.39 is 0 Å².